The molecular weight excluding hydrogens is 426 g/mol. The number of para-hydroxylation sites is 1. The Labute approximate surface area is 192 Å². The lowest BCUT2D eigenvalue weighted by Gasteiger charge is -2.38. The zero-order valence-electron chi connectivity index (χ0n) is 18.1. The van der Waals surface area contributed by atoms with Crippen molar-refractivity contribution in [3.05, 3.63) is 70.9 Å². The van der Waals surface area contributed by atoms with Crippen LogP contribution in [0.2, 0.25) is 5.02 Å². The van der Waals surface area contributed by atoms with Crippen LogP contribution in [0.5, 0.6) is 0 Å². The Morgan fingerprint density at radius 1 is 1.12 bits per heavy atom. The average molecular weight is 454 g/mol. The number of nitrogens with one attached hydrogen (secondary N) is 3. The summed E-state index contributed by atoms with van der Waals surface area (Å²) in [7, 11) is 0. The normalized spacial score (nSPS) is 16.4. The largest absolute Gasteiger partial charge is 0.381 e. The fourth-order valence-corrected chi connectivity index (χ4v) is 4.61. The molecule has 32 heavy (non-hydrogen) atoms. The van der Waals surface area contributed by atoms with Crippen molar-refractivity contribution in [3.8, 4) is 0 Å². The number of fused-ring (bicyclic) bond motifs is 1. The molecular formula is C25H28ClN3O3. The van der Waals surface area contributed by atoms with Crippen molar-refractivity contribution in [1.29, 1.82) is 0 Å². The van der Waals surface area contributed by atoms with E-state index in [9.17, 15) is 9.59 Å². The molecule has 1 saturated heterocycles. The van der Waals surface area contributed by atoms with Crippen molar-refractivity contribution in [3.63, 3.8) is 0 Å². The number of hydrogen-bond donors (Lipinski definition) is 3. The maximum absolute atomic E-state index is 13.2. The monoisotopic (exact) mass is 453 g/mol. The summed E-state index contributed by atoms with van der Waals surface area (Å²) in [6.45, 7) is 3.19. The van der Waals surface area contributed by atoms with E-state index in [2.05, 4.69) is 15.6 Å². The van der Waals surface area contributed by atoms with E-state index in [4.69, 9.17) is 16.3 Å². The van der Waals surface area contributed by atoms with E-state index in [0.29, 0.717) is 31.2 Å². The second-order valence-corrected chi connectivity index (χ2v) is 8.87. The van der Waals surface area contributed by atoms with Gasteiger partial charge in [0.15, 0.2) is 0 Å². The van der Waals surface area contributed by atoms with Crippen LogP contribution in [-0.4, -0.2) is 42.6 Å². The van der Waals surface area contributed by atoms with Crippen LogP contribution in [0.25, 0.3) is 10.9 Å². The molecule has 0 spiro atoms. The van der Waals surface area contributed by atoms with Crippen molar-refractivity contribution in [2.75, 3.05) is 19.8 Å². The van der Waals surface area contributed by atoms with E-state index in [1.165, 1.54) is 6.92 Å². The van der Waals surface area contributed by atoms with Gasteiger partial charge in [-0.05, 0) is 42.2 Å². The quantitative estimate of drug-likeness (QED) is 0.509. The molecule has 1 aliphatic heterocycles. The van der Waals surface area contributed by atoms with Gasteiger partial charge in [0.05, 0.1) is 0 Å². The second kappa shape index (κ2) is 9.76. The first-order valence-electron chi connectivity index (χ1n) is 10.9. The molecule has 168 valence electrons. The maximum Gasteiger partial charge on any atom is 0.242 e. The summed E-state index contributed by atoms with van der Waals surface area (Å²) in [6.07, 6.45) is 3.93. The van der Waals surface area contributed by atoms with Crippen LogP contribution in [0.3, 0.4) is 0 Å². The van der Waals surface area contributed by atoms with E-state index in [1.54, 1.807) is 0 Å². The van der Waals surface area contributed by atoms with Gasteiger partial charge >= 0.3 is 0 Å². The van der Waals surface area contributed by atoms with Crippen LogP contribution in [-0.2, 0) is 26.2 Å². The molecule has 1 aliphatic rings. The molecule has 0 bridgehead atoms. The third kappa shape index (κ3) is 4.97. The van der Waals surface area contributed by atoms with Crippen molar-refractivity contribution < 1.29 is 14.3 Å². The second-order valence-electron chi connectivity index (χ2n) is 8.43. The Kier molecular flexibility index (Phi) is 6.82. The third-order valence-electron chi connectivity index (χ3n) is 6.30. The Morgan fingerprint density at radius 3 is 2.56 bits per heavy atom. The Balaban J connectivity index is 1.51. The highest BCUT2D eigenvalue weighted by molar-refractivity contribution is 6.30. The predicted octanol–water partition coefficient (Wildman–Crippen LogP) is 3.73. The lowest BCUT2D eigenvalue weighted by molar-refractivity contribution is -0.128. The van der Waals surface area contributed by atoms with Gasteiger partial charge in [-0.15, -0.1) is 0 Å². The van der Waals surface area contributed by atoms with E-state index in [0.717, 1.165) is 34.9 Å². The molecule has 7 heteroatoms. The minimum atomic E-state index is -0.659. The van der Waals surface area contributed by atoms with Crippen LogP contribution in [0.4, 0.5) is 0 Å². The smallest absolute Gasteiger partial charge is 0.242 e. The molecule has 2 aromatic carbocycles. The fraction of sp³-hybridized carbons (Fsp3) is 0.360. The molecule has 3 aromatic rings. The van der Waals surface area contributed by atoms with Crippen LogP contribution in [0, 0.1) is 0 Å². The topological polar surface area (TPSA) is 83.2 Å². The van der Waals surface area contributed by atoms with E-state index in [-0.39, 0.29) is 17.2 Å². The first-order chi connectivity index (χ1) is 15.5. The van der Waals surface area contributed by atoms with Crippen molar-refractivity contribution in [2.45, 2.75) is 37.6 Å². The molecule has 6 nitrogen and oxygen atoms in total. The lowest BCUT2D eigenvalue weighted by atomic mass is 9.74. The standard InChI is InChI=1S/C25H28ClN3O3/c1-17(30)29-23(14-18-15-27-22-5-3-2-4-21(18)22)24(31)28-16-25(10-12-32-13-11-25)19-6-8-20(26)9-7-19/h2-9,15,23,27H,10-14,16H2,1H3,(H,28,31)(H,29,30). The zero-order chi connectivity index (χ0) is 22.6. The van der Waals surface area contributed by atoms with Gasteiger partial charge in [0.25, 0.3) is 0 Å². The third-order valence-corrected chi connectivity index (χ3v) is 6.55. The highest BCUT2D eigenvalue weighted by Gasteiger charge is 2.35. The molecule has 4 rings (SSSR count). The van der Waals surface area contributed by atoms with Gasteiger partial charge in [0.1, 0.15) is 6.04 Å². The molecule has 1 aromatic heterocycles. The number of amides is 2. The number of aromatic amines is 1. The average Bonchev–Trinajstić information content (AvgIpc) is 3.21. The summed E-state index contributed by atoms with van der Waals surface area (Å²) in [5.41, 5.74) is 2.92. The molecule has 1 fully saturated rings. The molecule has 2 amide bonds. The number of carbonyl (C=O) groups excluding carboxylic acids is 2. The summed E-state index contributed by atoms with van der Waals surface area (Å²) >= 11 is 6.09. The molecule has 0 aliphatic carbocycles. The fourth-order valence-electron chi connectivity index (χ4n) is 4.49. The number of aromatic nitrogens is 1. The number of hydrogen-bond acceptors (Lipinski definition) is 3. The number of benzene rings is 2. The highest BCUT2D eigenvalue weighted by atomic mass is 35.5. The molecule has 2 heterocycles. The number of halogens is 1. The predicted molar refractivity (Wildman–Crippen MR) is 126 cm³/mol. The molecule has 3 N–H and O–H groups in total. The molecule has 1 unspecified atom stereocenters. The van der Waals surface area contributed by atoms with Crippen LogP contribution < -0.4 is 10.6 Å². The summed E-state index contributed by atoms with van der Waals surface area (Å²) in [4.78, 5) is 28.3. The van der Waals surface area contributed by atoms with Crippen molar-refractivity contribution in [1.82, 2.24) is 15.6 Å². The van der Waals surface area contributed by atoms with Crippen LogP contribution >= 0.6 is 11.6 Å². The summed E-state index contributed by atoms with van der Waals surface area (Å²) in [5, 5.41) is 7.68. The Bertz CT molecular complexity index is 1090. The van der Waals surface area contributed by atoms with Crippen molar-refractivity contribution in [2.24, 2.45) is 0 Å². The molecule has 1 atom stereocenters. The van der Waals surface area contributed by atoms with Crippen molar-refractivity contribution >= 4 is 34.3 Å². The number of carbonyl (C=O) groups is 2. The lowest BCUT2D eigenvalue weighted by Crippen LogP contribution is -2.51. The van der Waals surface area contributed by atoms with Gasteiger partial charge < -0.3 is 20.4 Å². The minimum absolute atomic E-state index is 0.190. The SMILES string of the molecule is CC(=O)NC(Cc1c[nH]c2ccccc12)C(=O)NCC1(c2ccc(Cl)cc2)CCOCC1. The maximum atomic E-state index is 13.2. The van der Waals surface area contributed by atoms with Gasteiger partial charge in [-0.25, -0.2) is 0 Å². The number of H-pyrrole nitrogens is 1. The molecule has 0 saturated carbocycles. The first kappa shape index (κ1) is 22.4. The Hall–Kier alpha value is -2.83. The highest BCUT2D eigenvalue weighted by Crippen LogP contribution is 2.35. The van der Waals surface area contributed by atoms with E-state index < -0.39 is 6.04 Å². The van der Waals surface area contributed by atoms with Gasteiger partial charge in [0.2, 0.25) is 11.8 Å². The van der Waals surface area contributed by atoms with Crippen LogP contribution in [0.1, 0.15) is 30.9 Å². The van der Waals surface area contributed by atoms with Gasteiger partial charge in [0, 0.05) is 60.6 Å². The number of ether oxygens (including phenoxy) is 1. The van der Waals surface area contributed by atoms with Gasteiger partial charge in [-0.1, -0.05) is 41.9 Å². The summed E-state index contributed by atoms with van der Waals surface area (Å²) < 4.78 is 5.59. The van der Waals surface area contributed by atoms with Gasteiger partial charge in [-0.3, -0.25) is 9.59 Å². The van der Waals surface area contributed by atoms with Crippen LogP contribution in [0.15, 0.2) is 54.7 Å². The minimum Gasteiger partial charge on any atom is -0.381 e. The first-order valence-corrected chi connectivity index (χ1v) is 11.3. The zero-order valence-corrected chi connectivity index (χ0v) is 18.9. The van der Waals surface area contributed by atoms with E-state index >= 15 is 0 Å². The van der Waals surface area contributed by atoms with Gasteiger partial charge in [-0.2, -0.15) is 0 Å². The summed E-state index contributed by atoms with van der Waals surface area (Å²) in [5.74, 6) is -0.422. The molecule has 0 radical (unpaired) electrons. The van der Waals surface area contributed by atoms with E-state index in [1.807, 2.05) is 54.7 Å². The number of rotatable bonds is 7. The summed E-state index contributed by atoms with van der Waals surface area (Å²) in [6, 6.07) is 15.1. The Morgan fingerprint density at radius 2 is 1.84 bits per heavy atom.